The maximum atomic E-state index is 12.6. The van der Waals surface area contributed by atoms with Crippen LogP contribution in [0.1, 0.15) is 32.3 Å². The lowest BCUT2D eigenvalue weighted by molar-refractivity contribution is -0.0728. The Morgan fingerprint density at radius 2 is 1.88 bits per heavy atom. The molecule has 2 atom stereocenters. The third kappa shape index (κ3) is 5.21. The van der Waals surface area contributed by atoms with Crippen LogP contribution in [0, 0.1) is 12.8 Å². The molecule has 2 unspecified atom stereocenters. The molecule has 2 amide bonds. The average Bonchev–Trinajstić information content (AvgIpc) is 2.57. The van der Waals surface area contributed by atoms with Gasteiger partial charge in [0.05, 0.1) is 17.9 Å². The number of ether oxygens (including phenoxy) is 1. The summed E-state index contributed by atoms with van der Waals surface area (Å²) < 4.78 is 6.75. The van der Waals surface area contributed by atoms with E-state index in [0.29, 0.717) is 18.1 Å². The zero-order valence-corrected chi connectivity index (χ0v) is 17.6. The second-order valence-corrected chi connectivity index (χ2v) is 8.67. The van der Waals surface area contributed by atoms with Crippen molar-refractivity contribution in [2.75, 3.05) is 38.0 Å². The first-order valence-electron chi connectivity index (χ1n) is 9.60. The highest BCUT2D eigenvalue weighted by atomic mass is 79.9. The Morgan fingerprint density at radius 3 is 2.50 bits per heavy atom. The molecule has 2 aliphatic rings. The molecule has 5 nitrogen and oxygen atoms in total. The molecule has 0 aromatic heterocycles. The van der Waals surface area contributed by atoms with Gasteiger partial charge in [-0.15, -0.1) is 0 Å². The normalized spacial score (nSPS) is 25.3. The van der Waals surface area contributed by atoms with Gasteiger partial charge < -0.3 is 15.0 Å². The van der Waals surface area contributed by atoms with E-state index in [0.717, 1.165) is 55.7 Å². The Morgan fingerprint density at radius 1 is 1.23 bits per heavy atom. The number of halogens is 1. The van der Waals surface area contributed by atoms with E-state index in [2.05, 4.69) is 40.0 Å². The predicted molar refractivity (Wildman–Crippen MR) is 109 cm³/mol. The highest BCUT2D eigenvalue weighted by Gasteiger charge is 2.28. The van der Waals surface area contributed by atoms with Crippen LogP contribution in [0.25, 0.3) is 0 Å². The molecule has 0 radical (unpaired) electrons. The van der Waals surface area contributed by atoms with Crippen LogP contribution in [-0.2, 0) is 4.74 Å². The number of benzene rings is 1. The van der Waals surface area contributed by atoms with E-state index < -0.39 is 0 Å². The summed E-state index contributed by atoms with van der Waals surface area (Å²) in [4.78, 5) is 17.0. The average molecular weight is 424 g/mol. The Labute approximate surface area is 165 Å². The summed E-state index contributed by atoms with van der Waals surface area (Å²) in [6, 6.07) is 5.98. The molecule has 1 aromatic carbocycles. The van der Waals surface area contributed by atoms with Gasteiger partial charge in [-0.2, -0.15) is 0 Å². The first-order chi connectivity index (χ1) is 12.4. The number of hydrogen-bond acceptors (Lipinski definition) is 3. The number of likely N-dealkylation sites (tertiary alicyclic amines) is 1. The minimum atomic E-state index is 0.00150. The molecule has 2 aliphatic heterocycles. The van der Waals surface area contributed by atoms with Crippen molar-refractivity contribution in [2.24, 2.45) is 5.92 Å². The summed E-state index contributed by atoms with van der Waals surface area (Å²) in [6.45, 7) is 11.2. The quantitative estimate of drug-likeness (QED) is 0.795. The second kappa shape index (κ2) is 8.72. The lowest BCUT2D eigenvalue weighted by atomic mass is 9.96. The number of carbonyl (C=O) groups is 1. The van der Waals surface area contributed by atoms with E-state index >= 15 is 0 Å². The molecular formula is C20H30BrN3O2. The summed E-state index contributed by atoms with van der Waals surface area (Å²) in [5.74, 6) is 0.669. The van der Waals surface area contributed by atoms with Gasteiger partial charge in [0.2, 0.25) is 0 Å². The number of morpholine rings is 1. The lowest BCUT2D eigenvalue weighted by Gasteiger charge is -2.39. The Bertz CT molecular complexity index is 621. The van der Waals surface area contributed by atoms with Crippen molar-refractivity contribution in [2.45, 2.75) is 45.8 Å². The highest BCUT2D eigenvalue weighted by Crippen LogP contribution is 2.25. The summed E-state index contributed by atoms with van der Waals surface area (Å²) in [5.41, 5.74) is 2.00. The van der Waals surface area contributed by atoms with Gasteiger partial charge in [-0.25, -0.2) is 4.79 Å². The van der Waals surface area contributed by atoms with Crippen molar-refractivity contribution >= 4 is 27.6 Å². The van der Waals surface area contributed by atoms with E-state index in [-0.39, 0.29) is 6.03 Å². The van der Waals surface area contributed by atoms with E-state index in [1.807, 2.05) is 30.0 Å². The zero-order chi connectivity index (χ0) is 18.7. The van der Waals surface area contributed by atoms with E-state index in [9.17, 15) is 4.79 Å². The molecule has 0 bridgehead atoms. The minimum absolute atomic E-state index is 0.00150. The molecule has 2 fully saturated rings. The second-order valence-electron chi connectivity index (χ2n) is 7.82. The van der Waals surface area contributed by atoms with Gasteiger partial charge in [0.25, 0.3) is 0 Å². The molecule has 0 saturated carbocycles. The fourth-order valence-corrected chi connectivity index (χ4v) is 4.63. The van der Waals surface area contributed by atoms with Gasteiger partial charge in [-0.3, -0.25) is 4.90 Å². The molecule has 0 spiro atoms. The molecule has 6 heteroatoms. The zero-order valence-electron chi connectivity index (χ0n) is 16.0. The number of carbonyl (C=O) groups excluding carboxylic acids is 1. The summed E-state index contributed by atoms with van der Waals surface area (Å²) >= 11 is 3.53. The first kappa shape index (κ1) is 19.6. The van der Waals surface area contributed by atoms with Gasteiger partial charge in [0.15, 0.2) is 0 Å². The number of aryl methyl sites for hydroxylation is 1. The largest absolute Gasteiger partial charge is 0.373 e. The topological polar surface area (TPSA) is 44.8 Å². The van der Waals surface area contributed by atoms with Crippen LogP contribution < -0.4 is 5.32 Å². The number of urea groups is 1. The summed E-state index contributed by atoms with van der Waals surface area (Å²) in [7, 11) is 0. The molecule has 0 aliphatic carbocycles. The SMILES string of the molecule is Cc1ccc(NC(=O)N2CCC(CN3CC(C)OC(C)C3)CC2)c(Br)c1. The number of anilines is 1. The number of nitrogens with zero attached hydrogens (tertiary/aromatic N) is 2. The fourth-order valence-electron chi connectivity index (χ4n) is 4.03. The van der Waals surface area contributed by atoms with Gasteiger partial charge in [-0.1, -0.05) is 6.07 Å². The van der Waals surface area contributed by atoms with Crippen molar-refractivity contribution in [1.82, 2.24) is 9.80 Å². The Hall–Kier alpha value is -1.11. The van der Waals surface area contributed by atoms with Crippen LogP contribution in [0.3, 0.4) is 0 Å². The lowest BCUT2D eigenvalue weighted by Crippen LogP contribution is -2.49. The monoisotopic (exact) mass is 423 g/mol. The van der Waals surface area contributed by atoms with Crippen molar-refractivity contribution in [3.63, 3.8) is 0 Å². The third-order valence-corrected chi connectivity index (χ3v) is 5.94. The maximum Gasteiger partial charge on any atom is 0.321 e. The molecule has 1 aromatic rings. The van der Waals surface area contributed by atoms with Crippen LogP contribution >= 0.6 is 15.9 Å². The van der Waals surface area contributed by atoms with Crippen molar-refractivity contribution in [3.8, 4) is 0 Å². The van der Waals surface area contributed by atoms with Crippen molar-refractivity contribution in [1.29, 1.82) is 0 Å². The van der Waals surface area contributed by atoms with Crippen LogP contribution in [0.4, 0.5) is 10.5 Å². The minimum Gasteiger partial charge on any atom is -0.373 e. The van der Waals surface area contributed by atoms with Crippen LogP contribution in [-0.4, -0.2) is 60.8 Å². The molecule has 2 saturated heterocycles. The number of amides is 2. The molecule has 26 heavy (non-hydrogen) atoms. The van der Waals surface area contributed by atoms with Crippen molar-refractivity contribution < 1.29 is 9.53 Å². The molecular weight excluding hydrogens is 394 g/mol. The standard InChI is InChI=1S/C20H30BrN3O2/c1-14-4-5-19(18(21)10-14)22-20(25)24-8-6-17(7-9-24)13-23-11-15(2)26-16(3)12-23/h4-5,10,15-17H,6-9,11-13H2,1-3H3,(H,22,25). The van der Waals surface area contributed by atoms with E-state index in [1.54, 1.807) is 0 Å². The smallest absolute Gasteiger partial charge is 0.321 e. The van der Waals surface area contributed by atoms with E-state index in [4.69, 9.17) is 4.74 Å². The Balaban J connectivity index is 1.46. The van der Waals surface area contributed by atoms with Crippen LogP contribution in [0.15, 0.2) is 22.7 Å². The maximum absolute atomic E-state index is 12.6. The highest BCUT2D eigenvalue weighted by molar-refractivity contribution is 9.10. The molecule has 1 N–H and O–H groups in total. The van der Waals surface area contributed by atoms with E-state index in [1.165, 1.54) is 5.56 Å². The predicted octanol–water partition coefficient (Wildman–Crippen LogP) is 4.11. The first-order valence-corrected chi connectivity index (χ1v) is 10.4. The van der Waals surface area contributed by atoms with Crippen molar-refractivity contribution in [3.05, 3.63) is 28.2 Å². The van der Waals surface area contributed by atoms with Gasteiger partial charge in [0.1, 0.15) is 0 Å². The van der Waals surface area contributed by atoms with Gasteiger partial charge >= 0.3 is 6.03 Å². The van der Waals surface area contributed by atoms with Crippen LogP contribution in [0.2, 0.25) is 0 Å². The number of piperidine rings is 1. The third-order valence-electron chi connectivity index (χ3n) is 5.28. The fraction of sp³-hybridized carbons (Fsp3) is 0.650. The summed E-state index contributed by atoms with van der Waals surface area (Å²) in [6.07, 6.45) is 2.78. The molecule has 2 heterocycles. The van der Waals surface area contributed by atoms with Gasteiger partial charge in [-0.05, 0) is 73.2 Å². The number of hydrogen-bond donors (Lipinski definition) is 1. The van der Waals surface area contributed by atoms with Gasteiger partial charge in [0, 0.05) is 37.2 Å². The van der Waals surface area contributed by atoms with Crippen LogP contribution in [0.5, 0.6) is 0 Å². The number of nitrogens with one attached hydrogen (secondary N) is 1. The molecule has 3 rings (SSSR count). The molecule has 144 valence electrons. The Kier molecular flexibility index (Phi) is 6.59. The number of rotatable bonds is 3. The summed E-state index contributed by atoms with van der Waals surface area (Å²) in [5, 5.41) is 3.03.